The Morgan fingerprint density at radius 2 is 1.74 bits per heavy atom. The fraction of sp³-hybridized carbons (Fsp3) is 0.0625. The SMILES string of the molecule is O=C(Cc1ccccc1)Nc1nnc(-c2cc(Cl)cc(Cl)c2)o1. The monoisotopic (exact) mass is 347 g/mol. The van der Waals surface area contributed by atoms with Gasteiger partial charge in [0.15, 0.2) is 0 Å². The molecule has 116 valence electrons. The zero-order valence-corrected chi connectivity index (χ0v) is 13.3. The van der Waals surface area contributed by atoms with Crippen molar-refractivity contribution in [1.82, 2.24) is 10.2 Å². The van der Waals surface area contributed by atoms with E-state index < -0.39 is 0 Å². The fourth-order valence-electron chi connectivity index (χ4n) is 2.01. The zero-order chi connectivity index (χ0) is 16.2. The smallest absolute Gasteiger partial charge is 0.322 e. The largest absolute Gasteiger partial charge is 0.403 e. The Kier molecular flexibility index (Phi) is 4.60. The first-order chi connectivity index (χ1) is 11.1. The van der Waals surface area contributed by atoms with E-state index in [2.05, 4.69) is 15.5 Å². The van der Waals surface area contributed by atoms with Gasteiger partial charge in [0.05, 0.1) is 6.42 Å². The van der Waals surface area contributed by atoms with Gasteiger partial charge in [0, 0.05) is 15.6 Å². The van der Waals surface area contributed by atoms with Gasteiger partial charge in [-0.2, -0.15) is 0 Å². The van der Waals surface area contributed by atoms with Crippen LogP contribution in [0.2, 0.25) is 10.0 Å². The Labute approximate surface area is 142 Å². The normalized spacial score (nSPS) is 10.5. The third-order valence-corrected chi connectivity index (χ3v) is 3.42. The van der Waals surface area contributed by atoms with Gasteiger partial charge in [-0.15, -0.1) is 5.10 Å². The number of rotatable bonds is 4. The number of hydrogen-bond acceptors (Lipinski definition) is 4. The number of carbonyl (C=O) groups is 1. The van der Waals surface area contributed by atoms with Crippen molar-refractivity contribution in [2.45, 2.75) is 6.42 Å². The van der Waals surface area contributed by atoms with Gasteiger partial charge < -0.3 is 4.42 Å². The summed E-state index contributed by atoms with van der Waals surface area (Å²) in [5.74, 6) is -0.0139. The van der Waals surface area contributed by atoms with Crippen molar-refractivity contribution in [1.29, 1.82) is 0 Å². The van der Waals surface area contributed by atoms with Crippen LogP contribution in [0.4, 0.5) is 6.01 Å². The van der Waals surface area contributed by atoms with Crippen LogP contribution in [0.25, 0.3) is 11.5 Å². The molecule has 2 aromatic carbocycles. The van der Waals surface area contributed by atoms with Crippen LogP contribution in [0.15, 0.2) is 52.9 Å². The van der Waals surface area contributed by atoms with Crippen LogP contribution in [0, 0.1) is 0 Å². The number of benzene rings is 2. The van der Waals surface area contributed by atoms with Gasteiger partial charge in [0.1, 0.15) is 0 Å². The summed E-state index contributed by atoms with van der Waals surface area (Å²) < 4.78 is 5.42. The molecule has 7 heteroatoms. The lowest BCUT2D eigenvalue weighted by Crippen LogP contribution is -2.14. The lowest BCUT2D eigenvalue weighted by Gasteiger charge is -2.00. The van der Waals surface area contributed by atoms with Crippen LogP contribution in [0.3, 0.4) is 0 Å². The summed E-state index contributed by atoms with van der Waals surface area (Å²) in [5.41, 5.74) is 1.48. The van der Waals surface area contributed by atoms with Crippen LogP contribution in [-0.2, 0) is 11.2 Å². The van der Waals surface area contributed by atoms with Crippen molar-refractivity contribution in [2.75, 3.05) is 5.32 Å². The Hall–Kier alpha value is -2.37. The lowest BCUT2D eigenvalue weighted by atomic mass is 10.1. The van der Waals surface area contributed by atoms with Crippen LogP contribution in [0.1, 0.15) is 5.56 Å². The van der Waals surface area contributed by atoms with Crippen molar-refractivity contribution in [3.05, 3.63) is 64.1 Å². The first kappa shape index (κ1) is 15.5. The van der Waals surface area contributed by atoms with E-state index >= 15 is 0 Å². The molecule has 3 rings (SSSR count). The zero-order valence-electron chi connectivity index (χ0n) is 11.8. The third-order valence-electron chi connectivity index (χ3n) is 2.99. The highest BCUT2D eigenvalue weighted by Crippen LogP contribution is 2.27. The molecular formula is C16H11Cl2N3O2. The molecule has 1 N–H and O–H groups in total. The minimum Gasteiger partial charge on any atom is -0.403 e. The molecule has 0 aliphatic carbocycles. The number of halogens is 2. The minimum absolute atomic E-state index is 0.0250. The number of amides is 1. The van der Waals surface area contributed by atoms with Gasteiger partial charge in [0.2, 0.25) is 11.8 Å². The van der Waals surface area contributed by atoms with Crippen molar-refractivity contribution >= 4 is 35.1 Å². The topological polar surface area (TPSA) is 68.0 Å². The Morgan fingerprint density at radius 3 is 2.43 bits per heavy atom. The van der Waals surface area contributed by atoms with E-state index in [-0.39, 0.29) is 24.2 Å². The summed E-state index contributed by atoms with van der Waals surface area (Å²) in [5, 5.41) is 11.2. The van der Waals surface area contributed by atoms with E-state index in [1.54, 1.807) is 18.2 Å². The quantitative estimate of drug-likeness (QED) is 0.766. The first-order valence-corrected chi connectivity index (χ1v) is 7.49. The summed E-state index contributed by atoms with van der Waals surface area (Å²) in [6.07, 6.45) is 0.224. The van der Waals surface area contributed by atoms with Gasteiger partial charge in [-0.25, -0.2) is 0 Å². The highest BCUT2D eigenvalue weighted by atomic mass is 35.5. The van der Waals surface area contributed by atoms with Crippen LogP contribution in [-0.4, -0.2) is 16.1 Å². The maximum absolute atomic E-state index is 12.0. The Balaban J connectivity index is 1.71. The molecule has 0 saturated heterocycles. The van der Waals surface area contributed by atoms with Crippen molar-refractivity contribution < 1.29 is 9.21 Å². The molecular weight excluding hydrogens is 337 g/mol. The van der Waals surface area contributed by atoms with E-state index in [4.69, 9.17) is 27.6 Å². The first-order valence-electron chi connectivity index (χ1n) is 6.74. The maximum Gasteiger partial charge on any atom is 0.322 e. The second-order valence-electron chi connectivity index (χ2n) is 4.78. The molecule has 0 radical (unpaired) electrons. The average molecular weight is 348 g/mol. The molecule has 23 heavy (non-hydrogen) atoms. The predicted octanol–water partition coefficient (Wildman–Crippen LogP) is 4.22. The number of hydrogen-bond donors (Lipinski definition) is 1. The van der Waals surface area contributed by atoms with Crippen LogP contribution < -0.4 is 5.32 Å². The van der Waals surface area contributed by atoms with Gasteiger partial charge in [0.25, 0.3) is 0 Å². The van der Waals surface area contributed by atoms with Crippen molar-refractivity contribution in [3.8, 4) is 11.5 Å². The molecule has 0 fully saturated rings. The third kappa shape index (κ3) is 4.09. The number of anilines is 1. The molecule has 0 bridgehead atoms. The summed E-state index contributed by atoms with van der Waals surface area (Å²) >= 11 is 11.9. The molecule has 0 aliphatic heterocycles. The fourth-order valence-corrected chi connectivity index (χ4v) is 2.54. The van der Waals surface area contributed by atoms with Gasteiger partial charge >= 0.3 is 6.01 Å². The van der Waals surface area contributed by atoms with Gasteiger partial charge in [-0.1, -0.05) is 58.6 Å². The van der Waals surface area contributed by atoms with Gasteiger partial charge in [-0.05, 0) is 23.8 Å². The van der Waals surface area contributed by atoms with Crippen molar-refractivity contribution in [2.24, 2.45) is 0 Å². The number of nitrogens with one attached hydrogen (secondary N) is 1. The molecule has 1 aromatic heterocycles. The lowest BCUT2D eigenvalue weighted by molar-refractivity contribution is -0.115. The van der Waals surface area contributed by atoms with Crippen molar-refractivity contribution in [3.63, 3.8) is 0 Å². The summed E-state index contributed by atoms with van der Waals surface area (Å²) in [7, 11) is 0. The van der Waals surface area contributed by atoms with Gasteiger partial charge in [-0.3, -0.25) is 10.1 Å². The van der Waals surface area contributed by atoms with E-state index in [9.17, 15) is 4.79 Å². The Morgan fingerprint density at radius 1 is 1.04 bits per heavy atom. The number of aromatic nitrogens is 2. The summed E-state index contributed by atoms with van der Waals surface area (Å²) in [6, 6.07) is 14.3. The van der Waals surface area contributed by atoms with Crippen LogP contribution >= 0.6 is 23.2 Å². The molecule has 1 heterocycles. The molecule has 0 aliphatic rings. The number of carbonyl (C=O) groups excluding carboxylic acids is 1. The second-order valence-corrected chi connectivity index (χ2v) is 5.65. The Bertz CT molecular complexity index is 814. The van der Waals surface area contributed by atoms with E-state index in [0.717, 1.165) is 5.56 Å². The standard InChI is InChI=1S/C16H11Cl2N3O2/c17-12-7-11(8-13(18)9-12)15-20-21-16(23-15)19-14(22)6-10-4-2-1-3-5-10/h1-5,7-9H,6H2,(H,19,21,22). The molecule has 3 aromatic rings. The molecule has 0 saturated carbocycles. The van der Waals surface area contributed by atoms with E-state index in [0.29, 0.717) is 15.6 Å². The summed E-state index contributed by atoms with van der Waals surface area (Å²) in [6.45, 7) is 0. The van der Waals surface area contributed by atoms with E-state index in [1.807, 2.05) is 30.3 Å². The number of nitrogens with zero attached hydrogens (tertiary/aromatic N) is 2. The highest BCUT2D eigenvalue weighted by Gasteiger charge is 2.12. The average Bonchev–Trinajstić information content (AvgIpc) is 2.95. The molecule has 0 unspecified atom stereocenters. The second kappa shape index (κ2) is 6.81. The molecule has 5 nitrogen and oxygen atoms in total. The molecule has 1 amide bonds. The molecule has 0 atom stereocenters. The predicted molar refractivity (Wildman–Crippen MR) is 88.5 cm³/mol. The summed E-state index contributed by atoms with van der Waals surface area (Å²) in [4.78, 5) is 12.0. The maximum atomic E-state index is 12.0. The minimum atomic E-state index is -0.240. The van der Waals surface area contributed by atoms with E-state index in [1.165, 1.54) is 0 Å². The highest BCUT2D eigenvalue weighted by molar-refractivity contribution is 6.35. The van der Waals surface area contributed by atoms with Crippen LogP contribution in [0.5, 0.6) is 0 Å². The molecule has 0 spiro atoms.